The zero-order valence-corrected chi connectivity index (χ0v) is 12.3. The normalized spacial score (nSPS) is 13.9. The van der Waals surface area contributed by atoms with E-state index in [9.17, 15) is 9.90 Å². The summed E-state index contributed by atoms with van der Waals surface area (Å²) in [6.45, 7) is 4.79. The highest BCUT2D eigenvalue weighted by molar-refractivity contribution is 5.66. The first kappa shape index (κ1) is 16.7. The van der Waals surface area contributed by atoms with Crippen molar-refractivity contribution in [3.05, 3.63) is 35.4 Å². The average Bonchev–Trinajstić information content (AvgIpc) is 2.44. The van der Waals surface area contributed by atoms with Gasteiger partial charge in [-0.15, -0.1) is 0 Å². The topological polar surface area (TPSA) is 69.6 Å². The van der Waals surface area contributed by atoms with E-state index in [1.807, 2.05) is 31.2 Å². The molecule has 3 N–H and O–H groups in total. The molecule has 1 aromatic rings. The number of aliphatic hydroxyl groups is 1. The number of nitrogens with one attached hydrogen (secondary N) is 1. The number of rotatable bonds is 9. The summed E-state index contributed by atoms with van der Waals surface area (Å²) in [7, 11) is 0. The van der Waals surface area contributed by atoms with E-state index in [2.05, 4.69) is 12.2 Å². The summed E-state index contributed by atoms with van der Waals surface area (Å²) in [6.07, 6.45) is 1.93. The van der Waals surface area contributed by atoms with Crippen LogP contribution in [0, 0.1) is 0 Å². The Bertz CT molecular complexity index is 403. The SMILES string of the molecule is CCCc1ccc(C(O)C(CCC(=O)O)NCC)cc1. The number of hydrogen-bond donors (Lipinski definition) is 3. The standard InChI is InChI=1S/C16H25NO3/c1-3-5-12-6-8-13(9-7-12)16(20)14(17-4-2)10-11-15(18)19/h6-9,14,16-17,20H,3-5,10-11H2,1-2H3,(H,18,19). The number of carbonyl (C=O) groups is 1. The lowest BCUT2D eigenvalue weighted by Crippen LogP contribution is -2.35. The number of benzene rings is 1. The first-order valence-corrected chi connectivity index (χ1v) is 7.30. The molecule has 0 radical (unpaired) electrons. The van der Waals surface area contributed by atoms with E-state index in [1.54, 1.807) is 0 Å². The minimum atomic E-state index is -0.835. The van der Waals surface area contributed by atoms with E-state index in [4.69, 9.17) is 5.11 Å². The molecule has 0 saturated heterocycles. The van der Waals surface area contributed by atoms with Crippen LogP contribution in [0.3, 0.4) is 0 Å². The molecule has 0 aliphatic heterocycles. The van der Waals surface area contributed by atoms with Gasteiger partial charge in [-0.05, 0) is 30.5 Å². The molecule has 112 valence electrons. The second-order valence-corrected chi connectivity index (χ2v) is 5.03. The lowest BCUT2D eigenvalue weighted by molar-refractivity contribution is -0.137. The molecule has 0 saturated carbocycles. The van der Waals surface area contributed by atoms with E-state index in [-0.39, 0.29) is 12.5 Å². The Morgan fingerprint density at radius 2 is 1.90 bits per heavy atom. The highest BCUT2D eigenvalue weighted by Gasteiger charge is 2.20. The lowest BCUT2D eigenvalue weighted by atomic mass is 9.97. The van der Waals surface area contributed by atoms with Crippen molar-refractivity contribution in [2.75, 3.05) is 6.54 Å². The van der Waals surface area contributed by atoms with Gasteiger partial charge in [-0.2, -0.15) is 0 Å². The molecule has 0 fully saturated rings. The Labute approximate surface area is 120 Å². The Hall–Kier alpha value is -1.39. The molecule has 0 aliphatic rings. The third-order valence-electron chi connectivity index (χ3n) is 3.38. The maximum Gasteiger partial charge on any atom is 0.303 e. The molecule has 1 rings (SSSR count). The number of aryl methyl sites for hydroxylation is 1. The van der Waals surface area contributed by atoms with Gasteiger partial charge in [0.05, 0.1) is 6.10 Å². The van der Waals surface area contributed by atoms with Crippen molar-refractivity contribution in [2.24, 2.45) is 0 Å². The largest absolute Gasteiger partial charge is 0.481 e. The number of carboxylic acids is 1. The Morgan fingerprint density at radius 1 is 1.25 bits per heavy atom. The van der Waals surface area contributed by atoms with Crippen molar-refractivity contribution in [2.45, 2.75) is 51.7 Å². The first-order valence-electron chi connectivity index (χ1n) is 7.30. The molecule has 0 heterocycles. The van der Waals surface area contributed by atoms with Crippen LogP contribution >= 0.6 is 0 Å². The van der Waals surface area contributed by atoms with Crippen molar-refractivity contribution in [1.29, 1.82) is 0 Å². The fourth-order valence-electron chi connectivity index (χ4n) is 2.32. The molecule has 2 atom stereocenters. The van der Waals surface area contributed by atoms with Crippen molar-refractivity contribution < 1.29 is 15.0 Å². The highest BCUT2D eigenvalue weighted by Crippen LogP contribution is 2.21. The van der Waals surface area contributed by atoms with Crippen molar-refractivity contribution in [3.63, 3.8) is 0 Å². The van der Waals surface area contributed by atoms with E-state index >= 15 is 0 Å². The summed E-state index contributed by atoms with van der Waals surface area (Å²) >= 11 is 0. The monoisotopic (exact) mass is 279 g/mol. The molecule has 0 amide bonds. The van der Waals surface area contributed by atoms with Gasteiger partial charge in [0, 0.05) is 12.5 Å². The lowest BCUT2D eigenvalue weighted by Gasteiger charge is -2.23. The van der Waals surface area contributed by atoms with E-state index in [0.717, 1.165) is 18.4 Å². The van der Waals surface area contributed by atoms with Crippen LogP contribution in [0.5, 0.6) is 0 Å². The van der Waals surface area contributed by atoms with Crippen LogP contribution in [0.2, 0.25) is 0 Å². The van der Waals surface area contributed by atoms with Crippen LogP contribution in [0.15, 0.2) is 24.3 Å². The van der Waals surface area contributed by atoms with Gasteiger partial charge in [0.2, 0.25) is 0 Å². The summed E-state index contributed by atoms with van der Waals surface area (Å²) in [6, 6.07) is 7.69. The molecule has 4 nitrogen and oxygen atoms in total. The number of hydrogen-bond acceptors (Lipinski definition) is 3. The van der Waals surface area contributed by atoms with Gasteiger partial charge >= 0.3 is 5.97 Å². The summed E-state index contributed by atoms with van der Waals surface area (Å²) in [5.74, 6) is -0.835. The van der Waals surface area contributed by atoms with Gasteiger partial charge in [0.15, 0.2) is 0 Å². The van der Waals surface area contributed by atoms with Crippen LogP contribution in [0.25, 0.3) is 0 Å². The Balaban J connectivity index is 2.71. The molecule has 0 bridgehead atoms. The minimum absolute atomic E-state index is 0.0582. The van der Waals surface area contributed by atoms with Crippen LogP contribution < -0.4 is 5.32 Å². The van der Waals surface area contributed by atoms with Gasteiger partial charge in [-0.1, -0.05) is 44.5 Å². The zero-order valence-electron chi connectivity index (χ0n) is 12.3. The zero-order chi connectivity index (χ0) is 15.0. The molecule has 0 spiro atoms. The van der Waals surface area contributed by atoms with Crippen molar-refractivity contribution in [3.8, 4) is 0 Å². The first-order chi connectivity index (χ1) is 9.58. The second-order valence-electron chi connectivity index (χ2n) is 5.03. The van der Waals surface area contributed by atoms with Gasteiger partial charge in [-0.25, -0.2) is 0 Å². The van der Waals surface area contributed by atoms with E-state index in [0.29, 0.717) is 13.0 Å². The third kappa shape index (κ3) is 5.31. The number of carboxylic acid groups (broad SMARTS) is 1. The van der Waals surface area contributed by atoms with Gasteiger partial charge in [0.1, 0.15) is 0 Å². The van der Waals surface area contributed by atoms with Crippen LogP contribution in [-0.4, -0.2) is 28.8 Å². The summed E-state index contributed by atoms with van der Waals surface area (Å²) in [5.41, 5.74) is 2.09. The van der Waals surface area contributed by atoms with Crippen molar-refractivity contribution in [1.82, 2.24) is 5.32 Å². The summed E-state index contributed by atoms with van der Waals surface area (Å²) in [5, 5.41) is 22.3. The smallest absolute Gasteiger partial charge is 0.303 e. The van der Waals surface area contributed by atoms with Crippen LogP contribution in [-0.2, 0) is 11.2 Å². The predicted octanol–water partition coefficient (Wildman–Crippen LogP) is 2.52. The molecule has 20 heavy (non-hydrogen) atoms. The van der Waals surface area contributed by atoms with Gasteiger partial charge in [0.25, 0.3) is 0 Å². The molecule has 4 heteroatoms. The molecular weight excluding hydrogens is 254 g/mol. The fraction of sp³-hybridized carbons (Fsp3) is 0.562. The number of likely N-dealkylation sites (N-methyl/N-ethyl adjacent to an activating group) is 1. The Kier molecular flexibility index (Phi) is 7.26. The van der Waals surface area contributed by atoms with Gasteiger partial charge in [-0.3, -0.25) is 4.79 Å². The number of aliphatic carboxylic acids is 1. The average molecular weight is 279 g/mol. The summed E-state index contributed by atoms with van der Waals surface area (Å²) < 4.78 is 0. The molecule has 0 aliphatic carbocycles. The highest BCUT2D eigenvalue weighted by atomic mass is 16.4. The molecule has 0 aromatic heterocycles. The second kappa shape index (κ2) is 8.72. The van der Waals surface area contributed by atoms with Crippen LogP contribution in [0.4, 0.5) is 0 Å². The third-order valence-corrected chi connectivity index (χ3v) is 3.38. The fourth-order valence-corrected chi connectivity index (χ4v) is 2.32. The quantitative estimate of drug-likeness (QED) is 0.649. The van der Waals surface area contributed by atoms with Crippen LogP contribution in [0.1, 0.15) is 50.3 Å². The van der Waals surface area contributed by atoms with Gasteiger partial charge < -0.3 is 15.5 Å². The maximum absolute atomic E-state index is 10.7. The van der Waals surface area contributed by atoms with E-state index < -0.39 is 12.1 Å². The molecule has 1 aromatic carbocycles. The molecule has 2 unspecified atom stereocenters. The summed E-state index contributed by atoms with van der Waals surface area (Å²) in [4.78, 5) is 10.7. The number of aliphatic hydroxyl groups excluding tert-OH is 1. The van der Waals surface area contributed by atoms with E-state index in [1.165, 1.54) is 5.56 Å². The Morgan fingerprint density at radius 3 is 2.40 bits per heavy atom. The van der Waals surface area contributed by atoms with Crippen molar-refractivity contribution >= 4 is 5.97 Å². The molecular formula is C16H25NO3. The predicted molar refractivity (Wildman–Crippen MR) is 79.7 cm³/mol. The minimum Gasteiger partial charge on any atom is -0.481 e. The maximum atomic E-state index is 10.7.